The molecule has 22 heavy (non-hydrogen) atoms. The molecule has 3 aromatic rings. The van der Waals surface area contributed by atoms with E-state index >= 15 is 0 Å². The van der Waals surface area contributed by atoms with Gasteiger partial charge in [-0.25, -0.2) is 4.98 Å². The first-order chi connectivity index (χ1) is 10.5. The monoisotopic (exact) mass is 296 g/mol. The molecule has 0 atom stereocenters. The summed E-state index contributed by atoms with van der Waals surface area (Å²) in [5.41, 5.74) is 7.17. The molecule has 2 heterocycles. The Morgan fingerprint density at radius 1 is 1.27 bits per heavy atom. The minimum absolute atomic E-state index is 0.0848. The van der Waals surface area contributed by atoms with Gasteiger partial charge in [-0.3, -0.25) is 9.59 Å². The van der Waals surface area contributed by atoms with E-state index in [4.69, 9.17) is 5.73 Å². The predicted octanol–water partition coefficient (Wildman–Crippen LogP) is 1.91. The lowest BCUT2D eigenvalue weighted by Crippen LogP contribution is -2.28. The van der Waals surface area contributed by atoms with Crippen molar-refractivity contribution in [3.8, 4) is 0 Å². The van der Waals surface area contributed by atoms with Crippen molar-refractivity contribution in [1.82, 2.24) is 14.9 Å². The first-order valence-electron chi connectivity index (χ1n) is 6.99. The Hall–Kier alpha value is -2.89. The van der Waals surface area contributed by atoms with Gasteiger partial charge in [0.15, 0.2) is 5.69 Å². The van der Waals surface area contributed by atoms with Crippen LogP contribution in [0, 0.1) is 0 Å². The highest BCUT2D eigenvalue weighted by Gasteiger charge is 2.19. The molecule has 0 aliphatic heterocycles. The Kier molecular flexibility index (Phi) is 3.29. The van der Waals surface area contributed by atoms with Crippen LogP contribution in [0.1, 0.15) is 27.9 Å². The van der Waals surface area contributed by atoms with Gasteiger partial charge in [0, 0.05) is 29.9 Å². The smallest absolute Gasteiger partial charge is 0.272 e. The van der Waals surface area contributed by atoms with Crippen molar-refractivity contribution in [2.75, 3.05) is 13.6 Å². The number of carbonyl (C=O) groups is 2. The van der Waals surface area contributed by atoms with Gasteiger partial charge in [-0.05, 0) is 19.1 Å². The zero-order valence-electron chi connectivity index (χ0n) is 12.4. The van der Waals surface area contributed by atoms with E-state index in [9.17, 15) is 9.59 Å². The van der Waals surface area contributed by atoms with Crippen LogP contribution in [0.4, 0.5) is 0 Å². The molecule has 0 aliphatic rings. The summed E-state index contributed by atoms with van der Waals surface area (Å²) in [4.78, 5) is 32.9. The fraction of sp³-hybridized carbons (Fsp3) is 0.188. The fourth-order valence-electron chi connectivity index (χ4n) is 2.47. The largest absolute Gasteiger partial charge is 0.364 e. The number of fused-ring (bicyclic) bond motifs is 3. The summed E-state index contributed by atoms with van der Waals surface area (Å²) in [6, 6.07) is 9.33. The molecule has 6 heteroatoms. The molecule has 0 fully saturated rings. The van der Waals surface area contributed by atoms with Crippen molar-refractivity contribution in [3.63, 3.8) is 0 Å². The first kappa shape index (κ1) is 14.1. The number of primary amides is 1. The molecule has 0 spiro atoms. The normalized spacial score (nSPS) is 11.0. The summed E-state index contributed by atoms with van der Waals surface area (Å²) >= 11 is 0. The van der Waals surface area contributed by atoms with E-state index in [-0.39, 0.29) is 17.3 Å². The number of pyridine rings is 1. The van der Waals surface area contributed by atoms with Crippen LogP contribution >= 0.6 is 0 Å². The van der Waals surface area contributed by atoms with Crippen molar-refractivity contribution in [2.45, 2.75) is 6.92 Å². The number of hydrogen-bond acceptors (Lipinski definition) is 3. The van der Waals surface area contributed by atoms with Crippen LogP contribution in [0.2, 0.25) is 0 Å². The van der Waals surface area contributed by atoms with Gasteiger partial charge in [-0.15, -0.1) is 0 Å². The highest BCUT2D eigenvalue weighted by atomic mass is 16.2. The number of nitrogens with two attached hydrogens (primary N) is 1. The first-order valence-corrected chi connectivity index (χ1v) is 6.99. The second-order valence-corrected chi connectivity index (χ2v) is 5.13. The van der Waals surface area contributed by atoms with E-state index in [1.54, 1.807) is 13.1 Å². The van der Waals surface area contributed by atoms with Gasteiger partial charge >= 0.3 is 0 Å². The Labute approximate surface area is 126 Å². The number of amides is 2. The number of para-hydroxylation sites is 1. The summed E-state index contributed by atoms with van der Waals surface area (Å²) in [5.74, 6) is -0.900. The van der Waals surface area contributed by atoms with Gasteiger partial charge in [0.25, 0.3) is 11.8 Å². The number of nitrogens with one attached hydrogen (secondary N) is 1. The zero-order chi connectivity index (χ0) is 15.9. The molecule has 112 valence electrons. The van der Waals surface area contributed by atoms with E-state index in [0.29, 0.717) is 12.1 Å². The van der Waals surface area contributed by atoms with E-state index in [1.165, 1.54) is 4.90 Å². The maximum absolute atomic E-state index is 12.4. The Morgan fingerprint density at radius 2 is 2.00 bits per heavy atom. The SMILES string of the molecule is CCN(C)C(=O)c1cc2c([nH]c3ccccc32)c(C(N)=O)n1. The number of aromatic nitrogens is 2. The Morgan fingerprint density at radius 3 is 2.68 bits per heavy atom. The molecule has 3 rings (SSSR count). The number of hydrogen-bond donors (Lipinski definition) is 2. The van der Waals surface area contributed by atoms with E-state index < -0.39 is 5.91 Å². The predicted molar refractivity (Wildman–Crippen MR) is 84.8 cm³/mol. The number of nitrogens with zero attached hydrogens (tertiary/aromatic N) is 2. The summed E-state index contributed by atoms with van der Waals surface area (Å²) in [6.07, 6.45) is 0. The lowest BCUT2D eigenvalue weighted by Gasteiger charge is -2.14. The maximum Gasteiger partial charge on any atom is 0.272 e. The lowest BCUT2D eigenvalue weighted by atomic mass is 10.1. The number of aromatic amines is 1. The van der Waals surface area contributed by atoms with Crippen LogP contribution in [-0.4, -0.2) is 40.3 Å². The molecule has 0 bridgehead atoms. The zero-order valence-corrected chi connectivity index (χ0v) is 12.4. The van der Waals surface area contributed by atoms with Gasteiger partial charge in [0.05, 0.1) is 5.52 Å². The van der Waals surface area contributed by atoms with Crippen LogP contribution < -0.4 is 5.73 Å². The molecule has 0 unspecified atom stereocenters. The quantitative estimate of drug-likeness (QED) is 0.773. The topological polar surface area (TPSA) is 92.1 Å². The summed E-state index contributed by atoms with van der Waals surface area (Å²) < 4.78 is 0. The molecular weight excluding hydrogens is 280 g/mol. The van der Waals surface area contributed by atoms with Gasteiger partial charge < -0.3 is 15.6 Å². The minimum atomic E-state index is -0.662. The van der Waals surface area contributed by atoms with Crippen LogP contribution in [0.25, 0.3) is 21.8 Å². The summed E-state index contributed by atoms with van der Waals surface area (Å²) in [7, 11) is 1.69. The van der Waals surface area contributed by atoms with Gasteiger partial charge in [-0.1, -0.05) is 18.2 Å². The molecule has 2 aromatic heterocycles. The number of rotatable bonds is 3. The van der Waals surface area contributed by atoms with Crippen LogP contribution in [0.5, 0.6) is 0 Å². The van der Waals surface area contributed by atoms with Crippen molar-refractivity contribution >= 4 is 33.6 Å². The Bertz CT molecular complexity index is 898. The van der Waals surface area contributed by atoms with Crippen LogP contribution in [-0.2, 0) is 0 Å². The highest BCUT2D eigenvalue weighted by molar-refractivity contribution is 6.15. The van der Waals surface area contributed by atoms with E-state index in [2.05, 4.69) is 9.97 Å². The second kappa shape index (κ2) is 5.14. The van der Waals surface area contributed by atoms with Crippen LogP contribution in [0.15, 0.2) is 30.3 Å². The van der Waals surface area contributed by atoms with Crippen molar-refractivity contribution in [1.29, 1.82) is 0 Å². The molecule has 0 radical (unpaired) electrons. The molecule has 0 saturated heterocycles. The second-order valence-electron chi connectivity index (χ2n) is 5.13. The standard InChI is InChI=1S/C16H16N4O2/c1-3-20(2)16(22)12-8-10-9-6-4-5-7-11(9)18-13(10)14(19-12)15(17)21/h4-8,18H,3H2,1-2H3,(H2,17,21). The van der Waals surface area contributed by atoms with Crippen molar-refractivity contribution < 1.29 is 9.59 Å². The van der Waals surface area contributed by atoms with Gasteiger partial charge in [0.1, 0.15) is 5.69 Å². The average molecular weight is 296 g/mol. The summed E-state index contributed by atoms with van der Waals surface area (Å²) in [6.45, 7) is 2.43. The third-order valence-electron chi connectivity index (χ3n) is 3.77. The molecular formula is C16H16N4O2. The minimum Gasteiger partial charge on any atom is -0.364 e. The lowest BCUT2D eigenvalue weighted by molar-refractivity contribution is 0.0797. The maximum atomic E-state index is 12.4. The number of benzene rings is 1. The number of carbonyl (C=O) groups excluding carboxylic acids is 2. The van der Waals surface area contributed by atoms with Crippen molar-refractivity contribution in [3.05, 3.63) is 41.7 Å². The van der Waals surface area contributed by atoms with Gasteiger partial charge in [0.2, 0.25) is 0 Å². The molecule has 0 aliphatic carbocycles. The van der Waals surface area contributed by atoms with E-state index in [0.717, 1.165) is 16.3 Å². The average Bonchev–Trinajstić information content (AvgIpc) is 2.90. The molecule has 0 saturated carbocycles. The van der Waals surface area contributed by atoms with Crippen molar-refractivity contribution in [2.24, 2.45) is 5.73 Å². The Balaban J connectivity index is 2.34. The van der Waals surface area contributed by atoms with Gasteiger partial charge in [-0.2, -0.15) is 0 Å². The fourth-order valence-corrected chi connectivity index (χ4v) is 2.47. The van der Waals surface area contributed by atoms with Crippen LogP contribution in [0.3, 0.4) is 0 Å². The highest BCUT2D eigenvalue weighted by Crippen LogP contribution is 2.27. The summed E-state index contributed by atoms with van der Waals surface area (Å²) in [5, 5.41) is 1.70. The third-order valence-corrected chi connectivity index (χ3v) is 3.77. The molecule has 1 aromatic carbocycles. The molecule has 2 amide bonds. The number of H-pyrrole nitrogens is 1. The molecule has 6 nitrogen and oxygen atoms in total. The molecule has 3 N–H and O–H groups in total. The van der Waals surface area contributed by atoms with E-state index in [1.807, 2.05) is 31.2 Å². The third kappa shape index (κ3) is 2.09.